The second-order valence-electron chi connectivity index (χ2n) is 3.94. The molecule has 0 saturated heterocycles. The van der Waals surface area contributed by atoms with E-state index in [1.165, 1.54) is 0 Å². The van der Waals surface area contributed by atoms with Crippen LogP contribution in [0.1, 0.15) is 41.5 Å². The molecule has 0 spiro atoms. The molecule has 0 unspecified atom stereocenters. The number of hydrogen-bond donors (Lipinski definition) is 0. The minimum Gasteiger partial charge on any atom is -0.394 e. The van der Waals surface area contributed by atoms with E-state index in [-0.39, 0.29) is 0 Å². The van der Waals surface area contributed by atoms with Gasteiger partial charge in [0.25, 0.3) is 0 Å². The largest absolute Gasteiger partial charge is 0.394 e. The molecule has 0 N–H and O–H groups in total. The van der Waals surface area contributed by atoms with Crippen LogP contribution in [-0.4, -0.2) is 42.6 Å². The van der Waals surface area contributed by atoms with Crippen LogP contribution in [-0.2, 0) is 17.7 Å². The van der Waals surface area contributed by atoms with Gasteiger partial charge < -0.3 is 17.7 Å². The van der Waals surface area contributed by atoms with Gasteiger partial charge in [0.2, 0.25) is 0 Å². The summed E-state index contributed by atoms with van der Waals surface area (Å²) in [6.45, 7) is 15.0. The summed E-state index contributed by atoms with van der Waals surface area (Å²) in [5, 5.41) is 0. The van der Waals surface area contributed by atoms with Crippen LogP contribution in [0, 0.1) is 0 Å². The van der Waals surface area contributed by atoms with E-state index in [4.69, 9.17) is 17.7 Å². The quantitative estimate of drug-likeness (QED) is 0.549. The summed E-state index contributed by atoms with van der Waals surface area (Å²) >= 11 is 0. The van der Waals surface area contributed by atoms with E-state index >= 15 is 0 Å². The highest BCUT2D eigenvalue weighted by Gasteiger charge is 2.62. The van der Waals surface area contributed by atoms with E-state index in [2.05, 4.69) is 13.8 Å². The van der Waals surface area contributed by atoms with E-state index < -0.39 is 16.2 Å². The standard InChI is InChI=1S/C12H30O4Si2/c1-7-13-17(11-5,14-8-2)18(12-6,15-9-3)16-10-4/h7-12H2,1-6H3. The Morgan fingerprint density at radius 1 is 0.500 bits per heavy atom. The topological polar surface area (TPSA) is 36.9 Å². The van der Waals surface area contributed by atoms with Crippen molar-refractivity contribution < 1.29 is 17.7 Å². The van der Waals surface area contributed by atoms with E-state index in [0.29, 0.717) is 26.4 Å². The van der Waals surface area contributed by atoms with Crippen LogP contribution in [0.15, 0.2) is 0 Å². The van der Waals surface area contributed by atoms with Gasteiger partial charge in [-0.15, -0.1) is 0 Å². The fourth-order valence-corrected chi connectivity index (χ4v) is 14.8. The SMILES string of the molecule is CCO[Si](CC)(OCC)[Si](CC)(OCC)OCC. The Kier molecular flexibility index (Phi) is 9.36. The highest BCUT2D eigenvalue weighted by atomic mass is 29.3. The number of hydrogen-bond acceptors (Lipinski definition) is 4. The summed E-state index contributed by atoms with van der Waals surface area (Å²) in [6.07, 6.45) is 0. The molecule has 0 aromatic carbocycles. The molecule has 18 heavy (non-hydrogen) atoms. The molecule has 0 aliphatic heterocycles. The molecule has 0 aliphatic rings. The lowest BCUT2D eigenvalue weighted by Crippen LogP contribution is -2.70. The third-order valence-electron chi connectivity index (χ3n) is 3.02. The van der Waals surface area contributed by atoms with Crippen LogP contribution in [0.2, 0.25) is 12.1 Å². The van der Waals surface area contributed by atoms with Crippen molar-refractivity contribution in [2.24, 2.45) is 0 Å². The molecule has 0 aromatic heterocycles. The molecule has 0 bridgehead atoms. The van der Waals surface area contributed by atoms with Crippen molar-refractivity contribution in [3.63, 3.8) is 0 Å². The fourth-order valence-electron chi connectivity index (χ4n) is 2.40. The maximum Gasteiger partial charge on any atom is 0.384 e. The van der Waals surface area contributed by atoms with Gasteiger partial charge in [-0.2, -0.15) is 0 Å². The molecule has 0 fully saturated rings. The van der Waals surface area contributed by atoms with E-state index in [0.717, 1.165) is 12.1 Å². The summed E-state index contributed by atoms with van der Waals surface area (Å²) < 4.78 is 24.4. The minimum atomic E-state index is -2.40. The molecule has 0 radical (unpaired) electrons. The summed E-state index contributed by atoms with van der Waals surface area (Å²) in [6, 6.07) is 1.77. The van der Waals surface area contributed by atoms with Crippen molar-refractivity contribution >= 4 is 16.2 Å². The van der Waals surface area contributed by atoms with Gasteiger partial charge >= 0.3 is 16.2 Å². The van der Waals surface area contributed by atoms with E-state index in [9.17, 15) is 0 Å². The Bertz CT molecular complexity index is 180. The molecule has 0 heterocycles. The average Bonchev–Trinajstić information content (AvgIpc) is 2.37. The molecule has 0 aliphatic carbocycles. The van der Waals surface area contributed by atoms with Gasteiger partial charge in [-0.1, -0.05) is 13.8 Å². The predicted octanol–water partition coefficient (Wildman–Crippen LogP) is 3.14. The van der Waals surface area contributed by atoms with Gasteiger partial charge in [-0.25, -0.2) is 0 Å². The maximum atomic E-state index is 6.11. The third-order valence-corrected chi connectivity index (χ3v) is 16.4. The Hall–Kier alpha value is 0.274. The molecule has 0 saturated carbocycles. The normalized spacial score (nSPS) is 13.0. The van der Waals surface area contributed by atoms with E-state index in [1.807, 2.05) is 27.7 Å². The molecule has 0 atom stereocenters. The van der Waals surface area contributed by atoms with Gasteiger partial charge in [0.05, 0.1) is 0 Å². The van der Waals surface area contributed by atoms with Gasteiger partial charge in [-0.05, 0) is 39.8 Å². The Balaban J connectivity index is 5.39. The second-order valence-corrected chi connectivity index (χ2v) is 14.1. The first-order chi connectivity index (χ1) is 8.61. The highest BCUT2D eigenvalue weighted by molar-refractivity contribution is 7.32. The summed E-state index contributed by atoms with van der Waals surface area (Å²) in [5.74, 6) is 0. The van der Waals surface area contributed by atoms with Gasteiger partial charge in [-0.3, -0.25) is 0 Å². The first kappa shape index (κ1) is 18.3. The van der Waals surface area contributed by atoms with Gasteiger partial charge in [0.1, 0.15) is 0 Å². The van der Waals surface area contributed by atoms with Crippen molar-refractivity contribution in [3.8, 4) is 0 Å². The molecule has 110 valence electrons. The molecular formula is C12H30O4Si2. The van der Waals surface area contributed by atoms with Crippen molar-refractivity contribution in [1.29, 1.82) is 0 Å². The van der Waals surface area contributed by atoms with Crippen molar-refractivity contribution in [2.75, 3.05) is 26.4 Å². The van der Waals surface area contributed by atoms with Crippen LogP contribution >= 0.6 is 0 Å². The first-order valence-electron chi connectivity index (χ1n) is 7.17. The number of rotatable bonds is 11. The maximum absolute atomic E-state index is 6.11. The minimum absolute atomic E-state index is 0.662. The van der Waals surface area contributed by atoms with Crippen molar-refractivity contribution in [1.82, 2.24) is 0 Å². The first-order valence-corrected chi connectivity index (χ1v) is 12.2. The zero-order chi connectivity index (χ0) is 14.1. The van der Waals surface area contributed by atoms with E-state index in [1.54, 1.807) is 0 Å². The summed E-state index contributed by atoms with van der Waals surface area (Å²) in [5.41, 5.74) is 0. The molecule has 4 nitrogen and oxygen atoms in total. The fraction of sp³-hybridized carbons (Fsp3) is 1.00. The lowest BCUT2D eigenvalue weighted by Gasteiger charge is -2.42. The smallest absolute Gasteiger partial charge is 0.384 e. The van der Waals surface area contributed by atoms with Crippen LogP contribution in [0.5, 0.6) is 0 Å². The van der Waals surface area contributed by atoms with Crippen LogP contribution < -0.4 is 0 Å². The molecular weight excluding hydrogens is 264 g/mol. The lowest BCUT2D eigenvalue weighted by molar-refractivity contribution is 0.145. The summed E-state index contributed by atoms with van der Waals surface area (Å²) in [7, 11) is -4.79. The molecule has 6 heteroatoms. The monoisotopic (exact) mass is 294 g/mol. The second kappa shape index (κ2) is 9.22. The zero-order valence-corrected chi connectivity index (χ0v) is 14.9. The van der Waals surface area contributed by atoms with Crippen molar-refractivity contribution in [2.45, 2.75) is 53.6 Å². The van der Waals surface area contributed by atoms with Crippen LogP contribution in [0.25, 0.3) is 0 Å². The lowest BCUT2D eigenvalue weighted by atomic mass is 10.9. The van der Waals surface area contributed by atoms with Gasteiger partial charge in [0, 0.05) is 26.4 Å². The average molecular weight is 295 g/mol. The Morgan fingerprint density at radius 3 is 0.833 bits per heavy atom. The highest BCUT2D eigenvalue weighted by Crippen LogP contribution is 2.31. The van der Waals surface area contributed by atoms with Gasteiger partial charge in [0.15, 0.2) is 0 Å². The Labute approximate surface area is 114 Å². The predicted molar refractivity (Wildman–Crippen MR) is 79.0 cm³/mol. The van der Waals surface area contributed by atoms with Crippen LogP contribution in [0.4, 0.5) is 0 Å². The molecule has 0 amide bonds. The Morgan fingerprint density at radius 2 is 0.722 bits per heavy atom. The summed E-state index contributed by atoms with van der Waals surface area (Å²) in [4.78, 5) is 0. The molecule has 0 rings (SSSR count). The third kappa shape index (κ3) is 3.88. The molecule has 0 aromatic rings. The van der Waals surface area contributed by atoms with Crippen molar-refractivity contribution in [3.05, 3.63) is 0 Å². The zero-order valence-electron chi connectivity index (χ0n) is 12.9. The van der Waals surface area contributed by atoms with Crippen LogP contribution in [0.3, 0.4) is 0 Å².